The third-order valence-electron chi connectivity index (χ3n) is 2.75. The number of aryl methyl sites for hydroxylation is 2. The molecule has 0 bridgehead atoms. The number of imidazole rings is 1. The standard InChI is InChI=1S/C13H12N4/c1-8-7-10(9(2)17-16-8)13-14-11-5-3-4-6-12(11)15-13/h3-7H,1-2H3,(H,14,15). The van der Waals surface area contributed by atoms with Crippen LogP contribution in [0.4, 0.5) is 0 Å². The molecule has 0 saturated heterocycles. The van der Waals surface area contributed by atoms with Crippen molar-refractivity contribution in [2.75, 3.05) is 0 Å². The van der Waals surface area contributed by atoms with Crippen molar-refractivity contribution >= 4 is 11.0 Å². The highest BCUT2D eigenvalue weighted by Gasteiger charge is 2.09. The molecule has 0 aliphatic rings. The topological polar surface area (TPSA) is 54.5 Å². The Labute approximate surface area is 98.7 Å². The highest BCUT2D eigenvalue weighted by Crippen LogP contribution is 2.22. The van der Waals surface area contributed by atoms with Crippen LogP contribution in [0, 0.1) is 13.8 Å². The fraction of sp³-hybridized carbons (Fsp3) is 0.154. The molecule has 1 aromatic carbocycles. The minimum absolute atomic E-state index is 0.849. The minimum Gasteiger partial charge on any atom is -0.338 e. The molecule has 4 nitrogen and oxygen atoms in total. The summed E-state index contributed by atoms with van der Waals surface area (Å²) in [6.07, 6.45) is 0. The van der Waals surface area contributed by atoms with Gasteiger partial charge in [-0.2, -0.15) is 10.2 Å². The second-order valence-electron chi connectivity index (χ2n) is 4.09. The Morgan fingerprint density at radius 3 is 2.71 bits per heavy atom. The fourth-order valence-corrected chi connectivity index (χ4v) is 1.87. The zero-order valence-corrected chi connectivity index (χ0v) is 9.73. The maximum Gasteiger partial charge on any atom is 0.140 e. The number of hydrogen-bond donors (Lipinski definition) is 1. The average molecular weight is 224 g/mol. The van der Waals surface area contributed by atoms with E-state index < -0.39 is 0 Å². The first-order valence-corrected chi connectivity index (χ1v) is 5.50. The molecular weight excluding hydrogens is 212 g/mol. The van der Waals surface area contributed by atoms with Gasteiger partial charge in [-0.05, 0) is 32.0 Å². The van der Waals surface area contributed by atoms with Crippen molar-refractivity contribution in [1.82, 2.24) is 20.2 Å². The molecule has 2 aromatic heterocycles. The van der Waals surface area contributed by atoms with Gasteiger partial charge < -0.3 is 4.98 Å². The first-order valence-electron chi connectivity index (χ1n) is 5.50. The summed E-state index contributed by atoms with van der Waals surface area (Å²) < 4.78 is 0. The molecule has 0 atom stereocenters. The molecule has 17 heavy (non-hydrogen) atoms. The number of nitrogens with one attached hydrogen (secondary N) is 1. The number of fused-ring (bicyclic) bond motifs is 1. The molecular formula is C13H12N4. The molecule has 0 radical (unpaired) electrons. The van der Waals surface area contributed by atoms with Gasteiger partial charge in [0.2, 0.25) is 0 Å². The Morgan fingerprint density at radius 1 is 1.06 bits per heavy atom. The van der Waals surface area contributed by atoms with Crippen LogP contribution >= 0.6 is 0 Å². The summed E-state index contributed by atoms with van der Waals surface area (Å²) >= 11 is 0. The molecule has 0 aliphatic carbocycles. The van der Waals surface area contributed by atoms with Crippen LogP contribution in [0.2, 0.25) is 0 Å². The third-order valence-corrected chi connectivity index (χ3v) is 2.75. The van der Waals surface area contributed by atoms with E-state index in [1.807, 2.05) is 44.2 Å². The van der Waals surface area contributed by atoms with E-state index in [9.17, 15) is 0 Å². The smallest absolute Gasteiger partial charge is 0.140 e. The second-order valence-corrected chi connectivity index (χ2v) is 4.09. The van der Waals surface area contributed by atoms with Crippen molar-refractivity contribution in [2.24, 2.45) is 0 Å². The molecule has 2 heterocycles. The predicted octanol–water partition coefficient (Wildman–Crippen LogP) is 2.64. The van der Waals surface area contributed by atoms with Crippen molar-refractivity contribution in [3.8, 4) is 11.4 Å². The fourth-order valence-electron chi connectivity index (χ4n) is 1.87. The number of H-pyrrole nitrogens is 1. The van der Waals surface area contributed by atoms with E-state index in [-0.39, 0.29) is 0 Å². The van der Waals surface area contributed by atoms with E-state index in [1.54, 1.807) is 0 Å². The van der Waals surface area contributed by atoms with Gasteiger partial charge in [0.1, 0.15) is 5.82 Å². The quantitative estimate of drug-likeness (QED) is 0.691. The molecule has 0 saturated carbocycles. The lowest BCUT2D eigenvalue weighted by Crippen LogP contribution is -1.94. The van der Waals surface area contributed by atoms with Crippen LogP contribution in [0.3, 0.4) is 0 Å². The minimum atomic E-state index is 0.849. The van der Waals surface area contributed by atoms with Crippen molar-refractivity contribution < 1.29 is 0 Å². The van der Waals surface area contributed by atoms with Gasteiger partial charge in [0.25, 0.3) is 0 Å². The maximum atomic E-state index is 4.56. The summed E-state index contributed by atoms with van der Waals surface area (Å²) in [5.74, 6) is 0.849. The normalized spacial score (nSPS) is 10.9. The molecule has 4 heteroatoms. The van der Waals surface area contributed by atoms with Gasteiger partial charge in [-0.15, -0.1) is 0 Å². The Hall–Kier alpha value is -2.23. The van der Waals surface area contributed by atoms with Crippen LogP contribution in [-0.2, 0) is 0 Å². The molecule has 0 unspecified atom stereocenters. The lowest BCUT2D eigenvalue weighted by molar-refractivity contribution is 0.940. The van der Waals surface area contributed by atoms with E-state index in [0.29, 0.717) is 0 Å². The molecule has 0 spiro atoms. The van der Waals surface area contributed by atoms with Crippen molar-refractivity contribution in [3.05, 3.63) is 41.7 Å². The predicted molar refractivity (Wildman–Crippen MR) is 66.6 cm³/mol. The summed E-state index contributed by atoms with van der Waals surface area (Å²) in [7, 11) is 0. The van der Waals surface area contributed by atoms with Gasteiger partial charge >= 0.3 is 0 Å². The van der Waals surface area contributed by atoms with E-state index in [1.165, 1.54) is 0 Å². The van der Waals surface area contributed by atoms with Gasteiger partial charge in [-0.1, -0.05) is 12.1 Å². The van der Waals surface area contributed by atoms with E-state index in [2.05, 4.69) is 20.2 Å². The third kappa shape index (κ3) is 1.67. The number of nitrogens with zero attached hydrogens (tertiary/aromatic N) is 3. The van der Waals surface area contributed by atoms with Crippen molar-refractivity contribution in [2.45, 2.75) is 13.8 Å². The van der Waals surface area contributed by atoms with Crippen LogP contribution in [0.5, 0.6) is 0 Å². The Balaban J connectivity index is 2.23. The summed E-state index contributed by atoms with van der Waals surface area (Å²) in [6, 6.07) is 9.98. The lowest BCUT2D eigenvalue weighted by Gasteiger charge is -2.01. The summed E-state index contributed by atoms with van der Waals surface area (Å²) in [5, 5.41) is 8.14. The summed E-state index contributed by atoms with van der Waals surface area (Å²) in [6.45, 7) is 3.87. The van der Waals surface area contributed by atoms with Crippen LogP contribution in [0.1, 0.15) is 11.4 Å². The highest BCUT2D eigenvalue weighted by molar-refractivity contribution is 5.79. The molecule has 3 aromatic rings. The van der Waals surface area contributed by atoms with Gasteiger partial charge in [-0.3, -0.25) is 0 Å². The van der Waals surface area contributed by atoms with Gasteiger partial charge in [0.15, 0.2) is 0 Å². The largest absolute Gasteiger partial charge is 0.338 e. The number of benzene rings is 1. The maximum absolute atomic E-state index is 4.56. The zero-order valence-electron chi connectivity index (χ0n) is 9.73. The SMILES string of the molecule is Cc1cc(-c2nc3ccccc3[nH]2)c(C)nn1. The molecule has 0 amide bonds. The van der Waals surface area contributed by atoms with Crippen LogP contribution in [-0.4, -0.2) is 20.2 Å². The van der Waals surface area contributed by atoms with E-state index >= 15 is 0 Å². The Bertz CT molecular complexity index is 652. The van der Waals surface area contributed by atoms with Crippen molar-refractivity contribution in [3.63, 3.8) is 0 Å². The molecule has 0 aliphatic heterocycles. The second kappa shape index (κ2) is 3.66. The monoisotopic (exact) mass is 224 g/mol. The van der Waals surface area contributed by atoms with Gasteiger partial charge in [0.05, 0.1) is 22.4 Å². The van der Waals surface area contributed by atoms with Crippen LogP contribution < -0.4 is 0 Å². The number of aromatic amines is 1. The number of rotatable bonds is 1. The number of para-hydroxylation sites is 2. The van der Waals surface area contributed by atoms with Gasteiger partial charge in [0, 0.05) is 5.56 Å². The van der Waals surface area contributed by atoms with Crippen LogP contribution in [0.15, 0.2) is 30.3 Å². The molecule has 84 valence electrons. The average Bonchev–Trinajstić information content (AvgIpc) is 2.75. The molecule has 0 fully saturated rings. The Morgan fingerprint density at radius 2 is 1.88 bits per heavy atom. The zero-order chi connectivity index (χ0) is 11.8. The van der Waals surface area contributed by atoms with Gasteiger partial charge in [-0.25, -0.2) is 4.98 Å². The first kappa shape index (κ1) is 9.96. The van der Waals surface area contributed by atoms with Crippen LogP contribution in [0.25, 0.3) is 22.4 Å². The molecule has 3 rings (SSSR count). The first-order chi connectivity index (χ1) is 8.24. The molecule has 1 N–H and O–H groups in total. The Kier molecular flexibility index (Phi) is 2.14. The van der Waals surface area contributed by atoms with E-state index in [0.717, 1.165) is 33.8 Å². The summed E-state index contributed by atoms with van der Waals surface area (Å²) in [4.78, 5) is 7.86. The number of hydrogen-bond acceptors (Lipinski definition) is 3. The summed E-state index contributed by atoms with van der Waals surface area (Å²) in [5.41, 5.74) is 4.79. The lowest BCUT2D eigenvalue weighted by atomic mass is 10.2. The number of aromatic nitrogens is 4. The highest BCUT2D eigenvalue weighted by atomic mass is 15.1. The van der Waals surface area contributed by atoms with E-state index in [4.69, 9.17) is 0 Å². The van der Waals surface area contributed by atoms with Crippen molar-refractivity contribution in [1.29, 1.82) is 0 Å².